The van der Waals surface area contributed by atoms with Crippen LogP contribution in [0, 0.1) is 5.92 Å². The van der Waals surface area contributed by atoms with Crippen LogP contribution in [0.5, 0.6) is 5.75 Å². The molecular weight excluding hydrogens is 319 g/mol. The molecular formula is C16H21F5O2. The number of hydrogen-bond donors (Lipinski definition) is 0. The van der Waals surface area contributed by atoms with Crippen LogP contribution in [0.2, 0.25) is 0 Å². The molecule has 0 aliphatic heterocycles. The van der Waals surface area contributed by atoms with Crippen molar-refractivity contribution in [3.8, 4) is 5.75 Å². The molecule has 2 nitrogen and oxygen atoms in total. The minimum absolute atomic E-state index is 0.223. The molecule has 0 saturated carbocycles. The predicted octanol–water partition coefficient (Wildman–Crippen LogP) is 5.17. The highest BCUT2D eigenvalue weighted by Gasteiger charge is 2.60. The van der Waals surface area contributed by atoms with Gasteiger partial charge in [-0.25, -0.2) is 0 Å². The topological polar surface area (TPSA) is 18.5 Å². The second-order valence-corrected chi connectivity index (χ2v) is 6.04. The number of benzene rings is 1. The molecule has 132 valence electrons. The van der Waals surface area contributed by atoms with E-state index in [9.17, 15) is 22.0 Å². The standard InChI is InChI=1S/C16H21F5O2/c1-11(2)9-23-13-7-5-12(6-8-13)14(3,22-4)10-15(17,18)16(19,20)21/h5-8,11H,9-10H2,1-4H3. The van der Waals surface area contributed by atoms with Crippen LogP contribution in [-0.2, 0) is 10.3 Å². The fraction of sp³-hybridized carbons (Fsp3) is 0.625. The number of halogens is 5. The Morgan fingerprint density at radius 2 is 1.52 bits per heavy atom. The van der Waals surface area contributed by atoms with E-state index in [-0.39, 0.29) is 5.56 Å². The Bertz CT molecular complexity index is 496. The number of hydrogen-bond acceptors (Lipinski definition) is 2. The Labute approximate surface area is 132 Å². The van der Waals surface area contributed by atoms with E-state index in [1.54, 1.807) is 0 Å². The molecule has 23 heavy (non-hydrogen) atoms. The fourth-order valence-corrected chi connectivity index (χ4v) is 1.98. The van der Waals surface area contributed by atoms with Crippen LogP contribution >= 0.6 is 0 Å². The lowest BCUT2D eigenvalue weighted by molar-refractivity contribution is -0.298. The highest BCUT2D eigenvalue weighted by molar-refractivity contribution is 5.31. The van der Waals surface area contributed by atoms with Gasteiger partial charge in [0.05, 0.1) is 18.6 Å². The predicted molar refractivity (Wildman–Crippen MR) is 76.8 cm³/mol. The second kappa shape index (κ2) is 7.03. The molecule has 1 atom stereocenters. The smallest absolute Gasteiger partial charge is 0.453 e. The summed E-state index contributed by atoms with van der Waals surface area (Å²) in [4.78, 5) is 0. The van der Waals surface area contributed by atoms with Gasteiger partial charge in [0, 0.05) is 7.11 Å². The summed E-state index contributed by atoms with van der Waals surface area (Å²) in [7, 11) is 1.11. The first-order valence-corrected chi connectivity index (χ1v) is 7.14. The summed E-state index contributed by atoms with van der Waals surface area (Å²) in [6, 6.07) is 5.93. The van der Waals surface area contributed by atoms with Crippen molar-refractivity contribution in [2.24, 2.45) is 5.92 Å². The summed E-state index contributed by atoms with van der Waals surface area (Å²) in [5.74, 6) is -4.02. The molecule has 0 aliphatic carbocycles. The van der Waals surface area contributed by atoms with Crippen molar-refractivity contribution < 1.29 is 31.4 Å². The minimum Gasteiger partial charge on any atom is -0.493 e. The van der Waals surface area contributed by atoms with Crippen LogP contribution in [0.3, 0.4) is 0 Å². The van der Waals surface area contributed by atoms with Gasteiger partial charge >= 0.3 is 12.1 Å². The van der Waals surface area contributed by atoms with Crippen molar-refractivity contribution in [3.63, 3.8) is 0 Å². The molecule has 1 rings (SSSR count). The molecule has 0 heterocycles. The maximum absolute atomic E-state index is 13.4. The summed E-state index contributed by atoms with van der Waals surface area (Å²) in [5.41, 5.74) is -1.55. The third-order valence-corrected chi connectivity index (χ3v) is 3.47. The van der Waals surface area contributed by atoms with Crippen molar-refractivity contribution in [1.82, 2.24) is 0 Å². The van der Waals surface area contributed by atoms with E-state index in [1.165, 1.54) is 31.2 Å². The van der Waals surface area contributed by atoms with Crippen LogP contribution in [0.15, 0.2) is 24.3 Å². The Hall–Kier alpha value is -1.37. The Kier molecular flexibility index (Phi) is 6.01. The third-order valence-electron chi connectivity index (χ3n) is 3.47. The highest BCUT2D eigenvalue weighted by Crippen LogP contribution is 2.45. The zero-order valence-corrected chi connectivity index (χ0v) is 13.5. The van der Waals surface area contributed by atoms with Crippen LogP contribution in [0.1, 0.15) is 32.8 Å². The van der Waals surface area contributed by atoms with Gasteiger partial charge in [0.2, 0.25) is 0 Å². The monoisotopic (exact) mass is 340 g/mol. The maximum Gasteiger partial charge on any atom is 0.453 e. The van der Waals surface area contributed by atoms with Gasteiger partial charge in [-0.3, -0.25) is 0 Å². The molecule has 0 aromatic heterocycles. The van der Waals surface area contributed by atoms with Crippen LogP contribution < -0.4 is 4.74 Å². The van der Waals surface area contributed by atoms with Crippen LogP contribution in [0.4, 0.5) is 22.0 Å². The Balaban J connectivity index is 2.96. The normalized spacial score (nSPS) is 15.6. The first kappa shape index (κ1) is 19.7. The molecule has 0 aliphatic rings. The van der Waals surface area contributed by atoms with Gasteiger partial charge in [-0.1, -0.05) is 26.0 Å². The van der Waals surface area contributed by atoms with Crippen LogP contribution in [-0.4, -0.2) is 25.8 Å². The molecule has 1 aromatic rings. The lowest BCUT2D eigenvalue weighted by atomic mass is 9.89. The van der Waals surface area contributed by atoms with Crippen LogP contribution in [0.25, 0.3) is 0 Å². The van der Waals surface area contributed by atoms with Crippen molar-refractivity contribution in [2.45, 2.75) is 44.9 Å². The van der Waals surface area contributed by atoms with Gasteiger partial charge in [0.25, 0.3) is 0 Å². The SMILES string of the molecule is COC(C)(CC(F)(F)C(F)(F)F)c1ccc(OCC(C)C)cc1. The van der Waals surface area contributed by atoms with Crippen molar-refractivity contribution >= 4 is 0 Å². The second-order valence-electron chi connectivity index (χ2n) is 6.04. The number of methoxy groups -OCH3 is 1. The number of rotatable bonds is 7. The fourth-order valence-electron chi connectivity index (χ4n) is 1.98. The van der Waals surface area contributed by atoms with E-state index in [0.717, 1.165) is 7.11 Å². The average molecular weight is 340 g/mol. The largest absolute Gasteiger partial charge is 0.493 e. The first-order chi connectivity index (χ1) is 10.4. The van der Waals surface area contributed by atoms with E-state index in [2.05, 4.69) is 0 Å². The lowest BCUT2D eigenvalue weighted by Gasteiger charge is -2.33. The Morgan fingerprint density at radius 3 is 1.91 bits per heavy atom. The van der Waals surface area contributed by atoms with E-state index in [0.29, 0.717) is 18.3 Å². The Morgan fingerprint density at radius 1 is 1.00 bits per heavy atom. The first-order valence-electron chi connectivity index (χ1n) is 7.14. The summed E-state index contributed by atoms with van der Waals surface area (Å²) in [6.07, 6.45) is -7.11. The molecule has 1 aromatic carbocycles. The zero-order chi connectivity index (χ0) is 17.9. The molecule has 0 spiro atoms. The number of alkyl halides is 5. The number of ether oxygens (including phenoxy) is 2. The van der Waals surface area contributed by atoms with Gasteiger partial charge < -0.3 is 9.47 Å². The minimum atomic E-state index is -5.62. The maximum atomic E-state index is 13.4. The van der Waals surface area contributed by atoms with Crippen molar-refractivity contribution in [1.29, 1.82) is 0 Å². The lowest BCUT2D eigenvalue weighted by Crippen LogP contribution is -2.43. The van der Waals surface area contributed by atoms with Gasteiger partial charge in [0.15, 0.2) is 0 Å². The van der Waals surface area contributed by atoms with E-state index < -0.39 is 24.1 Å². The quantitative estimate of drug-likeness (QED) is 0.638. The zero-order valence-electron chi connectivity index (χ0n) is 13.5. The van der Waals surface area contributed by atoms with Gasteiger partial charge in [0.1, 0.15) is 5.75 Å². The van der Waals surface area contributed by atoms with Gasteiger partial charge in [-0.05, 0) is 30.5 Å². The molecule has 0 saturated heterocycles. The van der Waals surface area contributed by atoms with Gasteiger partial charge in [-0.15, -0.1) is 0 Å². The molecule has 7 heteroatoms. The molecule has 0 N–H and O–H groups in total. The van der Waals surface area contributed by atoms with E-state index in [1.807, 2.05) is 13.8 Å². The molecule has 0 amide bonds. The third kappa shape index (κ3) is 5.06. The van der Waals surface area contributed by atoms with E-state index in [4.69, 9.17) is 9.47 Å². The molecule has 0 fully saturated rings. The molecule has 0 radical (unpaired) electrons. The van der Waals surface area contributed by atoms with Gasteiger partial charge in [-0.2, -0.15) is 22.0 Å². The summed E-state index contributed by atoms with van der Waals surface area (Å²) < 4.78 is 74.4. The highest BCUT2D eigenvalue weighted by atomic mass is 19.4. The molecule has 0 bridgehead atoms. The van der Waals surface area contributed by atoms with Crippen molar-refractivity contribution in [3.05, 3.63) is 29.8 Å². The summed E-state index contributed by atoms with van der Waals surface area (Å²) >= 11 is 0. The van der Waals surface area contributed by atoms with E-state index >= 15 is 0 Å². The average Bonchev–Trinajstić information content (AvgIpc) is 2.43. The molecule has 1 unspecified atom stereocenters. The van der Waals surface area contributed by atoms with Crippen molar-refractivity contribution in [2.75, 3.05) is 13.7 Å². The summed E-state index contributed by atoms with van der Waals surface area (Å²) in [6.45, 7) is 5.62. The summed E-state index contributed by atoms with van der Waals surface area (Å²) in [5, 5.41) is 0.